The molecule has 1 amide bonds. The Kier molecular flexibility index (Phi) is 10.4. The summed E-state index contributed by atoms with van der Waals surface area (Å²) in [5.41, 5.74) is 4.71. The van der Waals surface area contributed by atoms with Gasteiger partial charge in [0.05, 0.1) is 12.2 Å². The Labute approximate surface area is 237 Å². The number of pyridine rings is 1. The minimum absolute atomic E-state index is 0.171. The molecule has 4 rings (SSSR count). The molecule has 0 saturated heterocycles. The van der Waals surface area contributed by atoms with Gasteiger partial charge in [-0.3, -0.25) is 9.78 Å². The molecule has 1 aromatic heterocycles. The Morgan fingerprint density at radius 1 is 0.951 bits per heavy atom. The third kappa shape index (κ3) is 8.51. The third-order valence-corrected chi connectivity index (χ3v) is 6.15. The van der Waals surface area contributed by atoms with Crippen LogP contribution in [0.3, 0.4) is 0 Å². The lowest BCUT2D eigenvalue weighted by Crippen LogP contribution is -2.07. The van der Waals surface area contributed by atoms with Crippen molar-refractivity contribution in [1.29, 1.82) is 0 Å². The SMILES string of the molecule is C=C(OCC)c1cc(NC(C)=O)cc(-c2ccncc2-c2cc(C(F)(F)F)ccc2CC)c1.Cc1ccc(F)cc1. The molecule has 214 valence electrons. The Morgan fingerprint density at radius 2 is 1.66 bits per heavy atom. The van der Waals surface area contributed by atoms with Crippen molar-refractivity contribution in [2.24, 2.45) is 0 Å². The fourth-order valence-corrected chi connectivity index (χ4v) is 4.18. The second-order valence-electron chi connectivity index (χ2n) is 9.28. The molecule has 0 fully saturated rings. The van der Waals surface area contributed by atoms with Crippen LogP contribution < -0.4 is 5.32 Å². The highest BCUT2D eigenvalue weighted by atomic mass is 19.4. The van der Waals surface area contributed by atoms with Crippen LogP contribution in [-0.2, 0) is 22.1 Å². The quantitative estimate of drug-likeness (QED) is 0.180. The molecule has 41 heavy (non-hydrogen) atoms. The van der Waals surface area contributed by atoms with Crippen molar-refractivity contribution in [3.63, 3.8) is 0 Å². The summed E-state index contributed by atoms with van der Waals surface area (Å²) in [5.74, 6) is 0.00620. The highest BCUT2D eigenvalue weighted by molar-refractivity contribution is 5.92. The fourth-order valence-electron chi connectivity index (χ4n) is 4.18. The number of alkyl halides is 3. The van der Waals surface area contributed by atoms with Crippen LogP contribution in [-0.4, -0.2) is 17.5 Å². The molecule has 0 aliphatic heterocycles. The maximum Gasteiger partial charge on any atom is 0.416 e. The monoisotopic (exact) mass is 564 g/mol. The van der Waals surface area contributed by atoms with Crippen LogP contribution in [0, 0.1) is 12.7 Å². The number of hydrogen-bond acceptors (Lipinski definition) is 3. The molecule has 0 atom stereocenters. The normalized spacial score (nSPS) is 10.8. The number of carbonyl (C=O) groups excluding carboxylic acids is 1. The van der Waals surface area contributed by atoms with Crippen molar-refractivity contribution in [3.05, 3.63) is 114 Å². The van der Waals surface area contributed by atoms with Gasteiger partial charge in [-0.15, -0.1) is 0 Å². The predicted octanol–water partition coefficient (Wildman–Crippen LogP) is 9.10. The fraction of sp³-hybridized carbons (Fsp3) is 0.212. The number of aromatic nitrogens is 1. The zero-order valence-corrected chi connectivity index (χ0v) is 23.4. The van der Waals surface area contributed by atoms with Crippen LogP contribution in [0.2, 0.25) is 0 Å². The van der Waals surface area contributed by atoms with Gasteiger partial charge in [0.15, 0.2) is 0 Å². The maximum absolute atomic E-state index is 13.5. The van der Waals surface area contributed by atoms with E-state index in [4.69, 9.17) is 4.74 Å². The number of halogens is 4. The lowest BCUT2D eigenvalue weighted by atomic mass is 9.90. The second-order valence-corrected chi connectivity index (χ2v) is 9.28. The number of hydrogen-bond donors (Lipinski definition) is 1. The summed E-state index contributed by atoms with van der Waals surface area (Å²) in [6.45, 7) is 11.4. The zero-order chi connectivity index (χ0) is 30.2. The molecule has 1 heterocycles. The van der Waals surface area contributed by atoms with Gasteiger partial charge in [-0.1, -0.05) is 37.3 Å². The molecule has 8 heteroatoms. The van der Waals surface area contributed by atoms with Crippen molar-refractivity contribution in [3.8, 4) is 22.3 Å². The van der Waals surface area contributed by atoms with Gasteiger partial charge < -0.3 is 10.1 Å². The second kappa shape index (κ2) is 13.7. The Hall–Kier alpha value is -4.46. The van der Waals surface area contributed by atoms with E-state index in [0.717, 1.165) is 23.3 Å². The van der Waals surface area contributed by atoms with Crippen LogP contribution >= 0.6 is 0 Å². The van der Waals surface area contributed by atoms with Gasteiger partial charge in [-0.25, -0.2) is 4.39 Å². The van der Waals surface area contributed by atoms with Crippen LogP contribution in [0.15, 0.2) is 85.7 Å². The number of aryl methyl sites for hydroxylation is 2. The predicted molar refractivity (Wildman–Crippen MR) is 156 cm³/mol. The zero-order valence-electron chi connectivity index (χ0n) is 23.4. The van der Waals surface area contributed by atoms with E-state index in [1.165, 1.54) is 25.1 Å². The van der Waals surface area contributed by atoms with Gasteiger partial charge >= 0.3 is 6.18 Å². The average Bonchev–Trinajstić information content (AvgIpc) is 2.93. The molecule has 0 spiro atoms. The molecule has 0 aliphatic rings. The lowest BCUT2D eigenvalue weighted by molar-refractivity contribution is -0.137. The van der Waals surface area contributed by atoms with Crippen molar-refractivity contribution in [1.82, 2.24) is 4.98 Å². The maximum atomic E-state index is 13.5. The Balaban J connectivity index is 0.000000496. The largest absolute Gasteiger partial charge is 0.494 e. The van der Waals surface area contributed by atoms with E-state index in [1.54, 1.807) is 42.7 Å². The van der Waals surface area contributed by atoms with E-state index >= 15 is 0 Å². The number of benzene rings is 3. The summed E-state index contributed by atoms with van der Waals surface area (Å²) in [5, 5.41) is 2.76. The first-order valence-corrected chi connectivity index (χ1v) is 13.0. The molecular weight excluding hydrogens is 532 g/mol. The van der Waals surface area contributed by atoms with E-state index < -0.39 is 11.7 Å². The van der Waals surface area contributed by atoms with Crippen molar-refractivity contribution in [2.75, 3.05) is 11.9 Å². The number of ether oxygens (including phenoxy) is 1. The Morgan fingerprint density at radius 3 is 2.24 bits per heavy atom. The van der Waals surface area contributed by atoms with Gasteiger partial charge in [-0.05, 0) is 91.1 Å². The van der Waals surface area contributed by atoms with Crippen molar-refractivity contribution < 1.29 is 27.1 Å². The topological polar surface area (TPSA) is 51.2 Å². The minimum Gasteiger partial charge on any atom is -0.494 e. The smallest absolute Gasteiger partial charge is 0.416 e. The number of nitrogens with one attached hydrogen (secondary N) is 1. The molecule has 0 saturated carbocycles. The summed E-state index contributed by atoms with van der Waals surface area (Å²) in [4.78, 5) is 15.9. The van der Waals surface area contributed by atoms with Crippen LogP contribution in [0.4, 0.5) is 23.2 Å². The number of anilines is 1. The molecule has 0 radical (unpaired) electrons. The first-order valence-electron chi connectivity index (χ1n) is 13.0. The first-order chi connectivity index (χ1) is 19.4. The van der Waals surface area contributed by atoms with Gasteiger partial charge in [0.25, 0.3) is 0 Å². The summed E-state index contributed by atoms with van der Waals surface area (Å²) in [6, 6.07) is 17.3. The van der Waals surface area contributed by atoms with E-state index in [1.807, 2.05) is 26.8 Å². The minimum atomic E-state index is -4.46. The van der Waals surface area contributed by atoms with Crippen LogP contribution in [0.25, 0.3) is 28.0 Å². The molecule has 0 bridgehead atoms. The van der Waals surface area contributed by atoms with Crippen molar-refractivity contribution >= 4 is 17.4 Å². The number of rotatable bonds is 7. The summed E-state index contributed by atoms with van der Waals surface area (Å²) in [6.07, 6.45) is -0.760. The number of carbonyl (C=O) groups is 1. The number of nitrogens with zero attached hydrogens (tertiary/aromatic N) is 1. The molecule has 0 aliphatic carbocycles. The summed E-state index contributed by atoms with van der Waals surface area (Å²) >= 11 is 0. The van der Waals surface area contributed by atoms with Gasteiger partial charge in [0.2, 0.25) is 5.91 Å². The number of amides is 1. The van der Waals surface area contributed by atoms with E-state index in [0.29, 0.717) is 52.3 Å². The highest BCUT2D eigenvalue weighted by Gasteiger charge is 2.31. The third-order valence-electron chi connectivity index (χ3n) is 6.15. The average molecular weight is 565 g/mol. The Bertz CT molecular complexity index is 1490. The van der Waals surface area contributed by atoms with Crippen LogP contribution in [0.5, 0.6) is 0 Å². The summed E-state index contributed by atoms with van der Waals surface area (Å²) < 4.78 is 58.0. The summed E-state index contributed by atoms with van der Waals surface area (Å²) in [7, 11) is 0. The molecular formula is C33H32F4N2O2. The van der Waals surface area contributed by atoms with Gasteiger partial charge in [0, 0.05) is 36.1 Å². The highest BCUT2D eigenvalue weighted by Crippen LogP contribution is 2.39. The van der Waals surface area contributed by atoms with Crippen molar-refractivity contribution in [2.45, 2.75) is 40.3 Å². The van der Waals surface area contributed by atoms with Crippen LogP contribution in [0.1, 0.15) is 43.0 Å². The molecule has 1 N–H and O–H groups in total. The van der Waals surface area contributed by atoms with E-state index in [-0.39, 0.29) is 11.7 Å². The molecule has 3 aromatic carbocycles. The van der Waals surface area contributed by atoms with Gasteiger partial charge in [-0.2, -0.15) is 13.2 Å². The molecule has 4 aromatic rings. The first kappa shape index (κ1) is 31.1. The molecule has 4 nitrogen and oxygen atoms in total. The van der Waals surface area contributed by atoms with E-state index in [2.05, 4.69) is 16.9 Å². The lowest BCUT2D eigenvalue weighted by Gasteiger charge is -2.17. The van der Waals surface area contributed by atoms with E-state index in [9.17, 15) is 22.4 Å². The molecule has 0 unspecified atom stereocenters. The van der Waals surface area contributed by atoms with Gasteiger partial charge in [0.1, 0.15) is 11.6 Å². The standard InChI is InChI=1S/C26H25F3N2O2.C7H7F/c1-5-18-7-8-21(26(27,28)29)14-24(18)25-15-30-10-9-23(25)20-11-19(16(3)33-6-2)12-22(13-20)31-17(4)32;1-6-2-4-7(8)5-3-6/h7-15H,3,5-6H2,1-2,4H3,(H,31,32);2-5H,1H3.